The second-order valence-corrected chi connectivity index (χ2v) is 2.72. The first-order valence-electron chi connectivity index (χ1n) is 2.79. The third kappa shape index (κ3) is 2.37. The third-order valence-corrected chi connectivity index (χ3v) is 1.46. The highest BCUT2D eigenvalue weighted by molar-refractivity contribution is 6.35. The molecular weight excluding hydrogens is 185 g/mol. The summed E-state index contributed by atoms with van der Waals surface area (Å²) in [6.07, 6.45) is 0. The molecule has 1 rings (SSSR count). The fourth-order valence-corrected chi connectivity index (χ4v) is 1.18. The van der Waals surface area contributed by atoms with Gasteiger partial charge in [0.15, 0.2) is 0 Å². The summed E-state index contributed by atoms with van der Waals surface area (Å²) in [7, 11) is 0. The fraction of sp³-hybridized carbons (Fsp3) is 0. The van der Waals surface area contributed by atoms with Crippen molar-refractivity contribution in [1.29, 1.82) is 0 Å². The lowest BCUT2D eigenvalue weighted by Gasteiger charge is -1.93. The quantitative estimate of drug-likeness (QED) is 0.413. The molecule has 5 heteroatoms. The largest absolute Gasteiger partial charge is 0.305 e. The van der Waals surface area contributed by atoms with Gasteiger partial charge in [-0.25, -0.2) is 0 Å². The molecule has 0 bridgehead atoms. The van der Waals surface area contributed by atoms with Crippen molar-refractivity contribution < 1.29 is 0 Å². The van der Waals surface area contributed by atoms with E-state index in [0.717, 1.165) is 0 Å². The fourth-order valence-electron chi connectivity index (χ4n) is 0.664. The van der Waals surface area contributed by atoms with Crippen LogP contribution < -0.4 is 5.84 Å². The van der Waals surface area contributed by atoms with E-state index in [0.29, 0.717) is 15.7 Å². The van der Waals surface area contributed by atoms with Crippen LogP contribution in [0.2, 0.25) is 10.0 Å². The Morgan fingerprint density at radius 2 is 1.64 bits per heavy atom. The van der Waals surface area contributed by atoms with Crippen molar-refractivity contribution in [2.75, 3.05) is 0 Å². The van der Waals surface area contributed by atoms with Gasteiger partial charge in [-0.2, -0.15) is 0 Å². The van der Waals surface area contributed by atoms with Crippen molar-refractivity contribution in [3.63, 3.8) is 0 Å². The Kier molecular flexibility index (Phi) is 2.68. The van der Waals surface area contributed by atoms with Gasteiger partial charge in [0.25, 0.3) is 0 Å². The maximum Gasteiger partial charge on any atom is 0.0903 e. The van der Waals surface area contributed by atoms with Gasteiger partial charge in [0, 0.05) is 10.0 Å². The lowest BCUT2D eigenvalue weighted by Crippen LogP contribution is -1.74. The van der Waals surface area contributed by atoms with Gasteiger partial charge in [0.2, 0.25) is 0 Å². The van der Waals surface area contributed by atoms with Gasteiger partial charge in [-0.3, -0.25) is 0 Å². The van der Waals surface area contributed by atoms with Crippen LogP contribution in [0.5, 0.6) is 0 Å². The number of nitrogens with two attached hydrogens (primary N) is 1. The highest BCUT2D eigenvalue weighted by Gasteiger charge is 1.95. The first-order valence-corrected chi connectivity index (χ1v) is 3.55. The third-order valence-electron chi connectivity index (χ3n) is 1.02. The molecular formula is C6H5Cl2N3. The maximum atomic E-state index is 5.66. The molecule has 0 aliphatic heterocycles. The van der Waals surface area contributed by atoms with E-state index >= 15 is 0 Å². The normalized spacial score (nSPS) is 10.7. The summed E-state index contributed by atoms with van der Waals surface area (Å²) in [5, 5.41) is 7.69. The zero-order valence-corrected chi connectivity index (χ0v) is 6.97. The summed E-state index contributed by atoms with van der Waals surface area (Å²) in [6, 6.07) is 4.84. The second kappa shape index (κ2) is 3.55. The molecule has 0 radical (unpaired) electrons. The summed E-state index contributed by atoms with van der Waals surface area (Å²) in [4.78, 5) is 0. The summed E-state index contributed by atoms with van der Waals surface area (Å²) in [5.41, 5.74) is 0.546. The molecule has 0 aliphatic rings. The van der Waals surface area contributed by atoms with E-state index in [1.54, 1.807) is 18.2 Å². The van der Waals surface area contributed by atoms with Crippen molar-refractivity contribution >= 4 is 28.9 Å². The van der Waals surface area contributed by atoms with Crippen LogP contribution >= 0.6 is 23.2 Å². The predicted octanol–water partition coefficient (Wildman–Crippen LogP) is 2.95. The lowest BCUT2D eigenvalue weighted by molar-refractivity contribution is 1.06. The van der Waals surface area contributed by atoms with Crippen molar-refractivity contribution in [1.82, 2.24) is 0 Å². The smallest absolute Gasteiger partial charge is 0.0903 e. The molecule has 1 aromatic carbocycles. The topological polar surface area (TPSA) is 50.7 Å². The zero-order chi connectivity index (χ0) is 8.27. The minimum atomic E-state index is 0.514. The van der Waals surface area contributed by atoms with E-state index in [2.05, 4.69) is 10.3 Å². The van der Waals surface area contributed by atoms with E-state index in [1.807, 2.05) is 0 Å². The number of halogens is 2. The molecule has 11 heavy (non-hydrogen) atoms. The Morgan fingerprint density at radius 3 is 2.09 bits per heavy atom. The predicted molar refractivity (Wildman–Crippen MR) is 45.2 cm³/mol. The van der Waals surface area contributed by atoms with Crippen LogP contribution in [0, 0.1) is 0 Å². The molecule has 0 heterocycles. The zero-order valence-electron chi connectivity index (χ0n) is 5.46. The van der Waals surface area contributed by atoms with E-state index in [-0.39, 0.29) is 0 Å². The van der Waals surface area contributed by atoms with Crippen LogP contribution in [0.25, 0.3) is 0 Å². The molecule has 0 spiro atoms. The van der Waals surface area contributed by atoms with Crippen molar-refractivity contribution in [2.45, 2.75) is 0 Å². The molecule has 0 fully saturated rings. The lowest BCUT2D eigenvalue weighted by atomic mass is 10.3. The van der Waals surface area contributed by atoms with Crippen LogP contribution in [0.1, 0.15) is 0 Å². The minimum absolute atomic E-state index is 0.514. The Morgan fingerprint density at radius 1 is 1.09 bits per heavy atom. The summed E-state index contributed by atoms with van der Waals surface area (Å²) >= 11 is 11.3. The highest BCUT2D eigenvalue weighted by atomic mass is 35.5. The number of benzene rings is 1. The van der Waals surface area contributed by atoms with Crippen LogP contribution in [0.15, 0.2) is 28.5 Å². The van der Waals surface area contributed by atoms with E-state index in [9.17, 15) is 0 Å². The van der Waals surface area contributed by atoms with Gasteiger partial charge >= 0.3 is 0 Å². The monoisotopic (exact) mass is 189 g/mol. The first-order chi connectivity index (χ1) is 5.22. The Balaban J connectivity index is 3.08. The van der Waals surface area contributed by atoms with Crippen molar-refractivity contribution in [2.24, 2.45) is 16.2 Å². The molecule has 0 saturated carbocycles. The van der Waals surface area contributed by atoms with E-state index < -0.39 is 0 Å². The van der Waals surface area contributed by atoms with Gasteiger partial charge in [-0.05, 0) is 18.2 Å². The molecule has 0 aromatic heterocycles. The van der Waals surface area contributed by atoms with Gasteiger partial charge in [-0.15, -0.1) is 5.11 Å². The van der Waals surface area contributed by atoms with E-state index in [1.165, 1.54) is 0 Å². The summed E-state index contributed by atoms with van der Waals surface area (Å²) < 4.78 is 0. The molecule has 1 aromatic rings. The van der Waals surface area contributed by atoms with Crippen LogP contribution in [0.3, 0.4) is 0 Å². The Labute approximate surface area is 73.8 Å². The molecule has 0 amide bonds. The minimum Gasteiger partial charge on any atom is -0.305 e. The van der Waals surface area contributed by atoms with Crippen LogP contribution in [-0.2, 0) is 0 Å². The SMILES string of the molecule is NN=Nc1cc(Cl)cc(Cl)c1. The second-order valence-electron chi connectivity index (χ2n) is 1.84. The van der Waals surface area contributed by atoms with Gasteiger partial charge in [0.05, 0.1) is 5.69 Å². The molecule has 0 aliphatic carbocycles. The molecule has 0 saturated heterocycles. The Hall–Kier alpha value is -0.800. The van der Waals surface area contributed by atoms with Crippen molar-refractivity contribution in [3.05, 3.63) is 28.2 Å². The number of hydrogen-bond acceptors (Lipinski definition) is 2. The number of rotatable bonds is 1. The molecule has 3 nitrogen and oxygen atoms in total. The van der Waals surface area contributed by atoms with Gasteiger partial charge in [0.1, 0.15) is 0 Å². The molecule has 0 unspecified atom stereocenters. The summed E-state index contributed by atoms with van der Waals surface area (Å²) in [5.74, 6) is 4.83. The summed E-state index contributed by atoms with van der Waals surface area (Å²) in [6.45, 7) is 0. The number of hydrogen-bond donors (Lipinski definition) is 1. The van der Waals surface area contributed by atoms with Crippen molar-refractivity contribution in [3.8, 4) is 0 Å². The Bertz CT molecular complexity index is 265. The molecule has 58 valence electrons. The molecule has 0 atom stereocenters. The average molecular weight is 190 g/mol. The average Bonchev–Trinajstić information content (AvgIpc) is 1.85. The number of nitrogens with zero attached hydrogens (tertiary/aromatic N) is 2. The van der Waals surface area contributed by atoms with Gasteiger partial charge in [-0.1, -0.05) is 28.4 Å². The highest BCUT2D eigenvalue weighted by Crippen LogP contribution is 2.24. The van der Waals surface area contributed by atoms with Crippen LogP contribution in [0.4, 0.5) is 5.69 Å². The van der Waals surface area contributed by atoms with Gasteiger partial charge < -0.3 is 5.84 Å². The first kappa shape index (κ1) is 8.30. The maximum absolute atomic E-state index is 5.66. The molecule has 2 N–H and O–H groups in total. The standard InChI is InChI=1S/C6H5Cl2N3/c7-4-1-5(8)3-6(2-4)10-11-9/h1-3H,(H2,9,10). The van der Waals surface area contributed by atoms with E-state index in [4.69, 9.17) is 29.0 Å². The van der Waals surface area contributed by atoms with Crippen LogP contribution in [-0.4, -0.2) is 0 Å².